The number of carbonyl (C=O) groups excluding carboxylic acids is 2. The van der Waals surface area contributed by atoms with Gasteiger partial charge >= 0.3 is 5.97 Å². The van der Waals surface area contributed by atoms with Crippen LogP contribution in [0.3, 0.4) is 0 Å². The molecule has 9 nitrogen and oxygen atoms in total. The fourth-order valence-corrected chi connectivity index (χ4v) is 5.00. The molecule has 1 saturated heterocycles. The number of thiazole rings is 1. The molecule has 1 aromatic carbocycles. The number of ether oxygens (including phenoxy) is 3. The van der Waals surface area contributed by atoms with Gasteiger partial charge < -0.3 is 24.1 Å². The molecular formula is C24H30N4O5S. The van der Waals surface area contributed by atoms with E-state index in [0.29, 0.717) is 17.8 Å². The molecule has 1 aliphatic heterocycles. The van der Waals surface area contributed by atoms with Gasteiger partial charge in [0.05, 0.1) is 49.9 Å². The number of rotatable bonds is 9. The second-order valence-electron chi connectivity index (χ2n) is 8.08. The second kappa shape index (κ2) is 11.0. The Labute approximate surface area is 202 Å². The lowest BCUT2D eigenvalue weighted by atomic mass is 10.1. The maximum absolute atomic E-state index is 13.4. The number of hydrogen-bond acceptors (Lipinski definition) is 8. The van der Waals surface area contributed by atoms with Crippen molar-refractivity contribution in [3.63, 3.8) is 0 Å². The Balaban J connectivity index is 1.58. The van der Waals surface area contributed by atoms with Crippen LogP contribution < -0.4 is 10.1 Å². The Hall–Kier alpha value is -2.95. The van der Waals surface area contributed by atoms with Crippen LogP contribution in [0.4, 0.5) is 5.82 Å². The average Bonchev–Trinajstić information content (AvgIpc) is 3.42. The van der Waals surface area contributed by atoms with E-state index >= 15 is 0 Å². The summed E-state index contributed by atoms with van der Waals surface area (Å²) in [5.41, 5.74) is 2.41. The molecule has 0 saturated carbocycles. The van der Waals surface area contributed by atoms with Crippen molar-refractivity contribution >= 4 is 39.9 Å². The summed E-state index contributed by atoms with van der Waals surface area (Å²) in [6.07, 6.45) is 0.733. The van der Waals surface area contributed by atoms with Gasteiger partial charge in [-0.15, -0.1) is 11.3 Å². The molecule has 0 unspecified atom stereocenters. The number of carbonyl (C=O) groups is 2. The molecule has 182 valence electrons. The van der Waals surface area contributed by atoms with Crippen LogP contribution >= 0.6 is 11.3 Å². The quantitative estimate of drug-likeness (QED) is 0.465. The summed E-state index contributed by atoms with van der Waals surface area (Å²) >= 11 is 1.41. The number of nitrogens with one attached hydrogen (secondary N) is 1. The Bertz CT molecular complexity index is 1170. The minimum atomic E-state index is -0.282. The van der Waals surface area contributed by atoms with E-state index in [1.165, 1.54) is 18.4 Å². The maximum Gasteiger partial charge on any atom is 0.305 e. The Kier molecular flexibility index (Phi) is 7.81. The summed E-state index contributed by atoms with van der Waals surface area (Å²) in [6.45, 7) is 6.88. The zero-order valence-corrected chi connectivity index (χ0v) is 20.6. The van der Waals surface area contributed by atoms with Gasteiger partial charge in [-0.2, -0.15) is 0 Å². The summed E-state index contributed by atoms with van der Waals surface area (Å²) in [4.78, 5) is 31.6. The van der Waals surface area contributed by atoms with Crippen LogP contribution in [-0.4, -0.2) is 73.4 Å². The largest absolute Gasteiger partial charge is 0.495 e. The van der Waals surface area contributed by atoms with Crippen LogP contribution in [0.2, 0.25) is 0 Å². The zero-order valence-electron chi connectivity index (χ0n) is 19.8. The lowest BCUT2D eigenvalue weighted by Crippen LogP contribution is -2.38. The monoisotopic (exact) mass is 486 g/mol. The van der Waals surface area contributed by atoms with Crippen molar-refractivity contribution in [1.29, 1.82) is 0 Å². The third kappa shape index (κ3) is 5.24. The molecule has 1 aliphatic rings. The van der Waals surface area contributed by atoms with Crippen LogP contribution in [0.5, 0.6) is 5.75 Å². The van der Waals surface area contributed by atoms with E-state index < -0.39 is 0 Å². The molecule has 0 bridgehead atoms. The first-order chi connectivity index (χ1) is 16.5. The van der Waals surface area contributed by atoms with Crippen LogP contribution in [0.1, 0.15) is 27.5 Å². The van der Waals surface area contributed by atoms with E-state index in [9.17, 15) is 9.59 Å². The fraction of sp³-hybridized carbons (Fsp3) is 0.458. The Morgan fingerprint density at radius 3 is 2.74 bits per heavy atom. The van der Waals surface area contributed by atoms with Crippen LogP contribution in [-0.2, 0) is 27.2 Å². The third-order valence-electron chi connectivity index (χ3n) is 6.06. The van der Waals surface area contributed by atoms with Crippen molar-refractivity contribution < 1.29 is 23.8 Å². The molecule has 0 atom stereocenters. The van der Waals surface area contributed by atoms with Crippen molar-refractivity contribution in [3.8, 4) is 5.75 Å². The smallest absolute Gasteiger partial charge is 0.305 e. The number of nitrogens with zero attached hydrogens (tertiary/aromatic N) is 3. The highest BCUT2D eigenvalue weighted by atomic mass is 32.1. The third-order valence-corrected chi connectivity index (χ3v) is 6.97. The van der Waals surface area contributed by atoms with E-state index in [1.807, 2.05) is 25.1 Å². The molecule has 0 spiro atoms. The standard InChI is InChI=1S/C24H30N4O5S/c1-16-22(24(30)26-19-15-34-20(25-19)7-8-21(29)32-3)17-5-4-6-18(31-2)23(17)28(16)10-9-27-11-13-33-14-12-27/h4-6,15H,7-14H2,1-3H3,(H,26,30). The second-order valence-corrected chi connectivity index (χ2v) is 9.02. The number of esters is 1. The summed E-state index contributed by atoms with van der Waals surface area (Å²) in [5.74, 6) is 0.715. The number of para-hydroxylation sites is 1. The number of methoxy groups -OCH3 is 2. The number of aryl methyl sites for hydroxylation is 1. The van der Waals surface area contributed by atoms with Gasteiger partial charge in [-0.05, 0) is 13.0 Å². The van der Waals surface area contributed by atoms with E-state index in [2.05, 4.69) is 24.5 Å². The molecular weight excluding hydrogens is 456 g/mol. The van der Waals surface area contributed by atoms with Gasteiger partial charge in [-0.25, -0.2) is 4.98 Å². The molecule has 0 aliphatic carbocycles. The molecule has 1 amide bonds. The lowest BCUT2D eigenvalue weighted by Gasteiger charge is -2.27. The number of hydrogen-bond donors (Lipinski definition) is 1. The topological polar surface area (TPSA) is 94.9 Å². The van der Waals surface area contributed by atoms with E-state index in [-0.39, 0.29) is 18.3 Å². The van der Waals surface area contributed by atoms with Gasteiger partial charge in [0.2, 0.25) is 0 Å². The molecule has 0 radical (unpaired) electrons. The molecule has 10 heteroatoms. The highest BCUT2D eigenvalue weighted by Gasteiger charge is 2.23. The predicted octanol–water partition coefficient (Wildman–Crippen LogP) is 3.10. The molecule has 1 fully saturated rings. The molecule has 34 heavy (non-hydrogen) atoms. The first-order valence-electron chi connectivity index (χ1n) is 11.3. The summed E-state index contributed by atoms with van der Waals surface area (Å²) < 4.78 is 18.0. The van der Waals surface area contributed by atoms with E-state index in [4.69, 9.17) is 9.47 Å². The Morgan fingerprint density at radius 1 is 1.21 bits per heavy atom. The average molecular weight is 487 g/mol. The normalized spacial score (nSPS) is 14.3. The van der Waals surface area contributed by atoms with Crippen molar-refractivity contribution in [1.82, 2.24) is 14.5 Å². The Morgan fingerprint density at radius 2 is 2.00 bits per heavy atom. The number of aromatic nitrogens is 2. The van der Waals surface area contributed by atoms with Crippen LogP contribution in [0.25, 0.3) is 10.9 Å². The van der Waals surface area contributed by atoms with Gasteiger partial charge in [0, 0.05) is 49.1 Å². The molecule has 3 heterocycles. The SMILES string of the molecule is COC(=O)CCc1nc(NC(=O)c2c(C)n(CCN3CCOCC3)c3c(OC)cccc23)cs1. The highest BCUT2D eigenvalue weighted by Crippen LogP contribution is 2.33. The van der Waals surface area contributed by atoms with Gasteiger partial charge in [-0.1, -0.05) is 12.1 Å². The van der Waals surface area contributed by atoms with Crippen LogP contribution in [0.15, 0.2) is 23.6 Å². The van der Waals surface area contributed by atoms with Crippen LogP contribution in [0, 0.1) is 6.92 Å². The number of benzene rings is 1. The molecule has 1 N–H and O–H groups in total. The number of amides is 1. The highest BCUT2D eigenvalue weighted by molar-refractivity contribution is 7.10. The van der Waals surface area contributed by atoms with Crippen molar-refractivity contribution in [2.24, 2.45) is 0 Å². The van der Waals surface area contributed by atoms with Gasteiger partial charge in [0.25, 0.3) is 5.91 Å². The van der Waals surface area contributed by atoms with Gasteiger partial charge in [-0.3, -0.25) is 14.5 Å². The minimum Gasteiger partial charge on any atom is -0.495 e. The summed E-state index contributed by atoms with van der Waals surface area (Å²) in [7, 11) is 3.01. The van der Waals surface area contributed by atoms with Crippen molar-refractivity contribution in [2.45, 2.75) is 26.3 Å². The summed E-state index contributed by atoms with van der Waals surface area (Å²) in [5, 5.41) is 6.34. The number of anilines is 1. The first kappa shape index (κ1) is 24.2. The van der Waals surface area contributed by atoms with Crippen molar-refractivity contribution in [2.75, 3.05) is 52.4 Å². The van der Waals surface area contributed by atoms with E-state index in [1.54, 1.807) is 12.5 Å². The molecule has 3 aromatic rings. The first-order valence-corrected chi connectivity index (χ1v) is 12.2. The summed E-state index contributed by atoms with van der Waals surface area (Å²) in [6, 6.07) is 5.77. The fourth-order valence-electron chi connectivity index (χ4n) is 4.27. The van der Waals surface area contributed by atoms with E-state index in [0.717, 1.165) is 66.7 Å². The van der Waals surface area contributed by atoms with Crippen molar-refractivity contribution in [3.05, 3.63) is 39.8 Å². The predicted molar refractivity (Wildman–Crippen MR) is 131 cm³/mol. The number of morpholine rings is 1. The molecule has 4 rings (SSSR count). The number of fused-ring (bicyclic) bond motifs is 1. The lowest BCUT2D eigenvalue weighted by molar-refractivity contribution is -0.140. The van der Waals surface area contributed by atoms with Gasteiger partial charge in [0.1, 0.15) is 11.6 Å². The minimum absolute atomic E-state index is 0.217. The molecule has 2 aromatic heterocycles. The maximum atomic E-state index is 13.4. The zero-order chi connectivity index (χ0) is 24.1. The van der Waals surface area contributed by atoms with Gasteiger partial charge in [0.15, 0.2) is 0 Å².